The van der Waals surface area contributed by atoms with Gasteiger partial charge in [0, 0.05) is 30.7 Å². The zero-order valence-electron chi connectivity index (χ0n) is 17.7. The third-order valence-corrected chi connectivity index (χ3v) is 6.20. The Labute approximate surface area is 187 Å². The van der Waals surface area contributed by atoms with Crippen molar-refractivity contribution in [2.24, 2.45) is 0 Å². The first-order valence-corrected chi connectivity index (χ1v) is 11.6. The monoisotopic (exact) mass is 433 g/mol. The predicted octanol–water partition coefficient (Wildman–Crippen LogP) is 4.77. The van der Waals surface area contributed by atoms with Crippen LogP contribution >= 0.6 is 11.8 Å². The first-order valence-electron chi connectivity index (χ1n) is 10.6. The molecule has 1 aliphatic rings. The standard InChI is InChI=1S/C25H27N3O2S/c1-2-30-23-10-9-20-11-13-28(16-21(20)15-23)17-24(29)27-22-7-5-6-19(14-22)18-31-25-8-3-4-12-26-25/h3-10,12,14-15H,2,11,13,16-18H2,1H3,(H,27,29). The number of nitrogens with zero attached hydrogens (tertiary/aromatic N) is 2. The minimum atomic E-state index is 0.0129. The highest BCUT2D eigenvalue weighted by Crippen LogP contribution is 2.24. The van der Waals surface area contributed by atoms with Gasteiger partial charge < -0.3 is 10.1 Å². The number of carbonyl (C=O) groups excluding carboxylic acids is 1. The van der Waals surface area contributed by atoms with Crippen molar-refractivity contribution in [3.8, 4) is 5.75 Å². The number of aromatic nitrogens is 1. The maximum Gasteiger partial charge on any atom is 0.238 e. The molecule has 0 saturated carbocycles. The third kappa shape index (κ3) is 6.09. The summed E-state index contributed by atoms with van der Waals surface area (Å²) in [6.07, 6.45) is 2.75. The average molecular weight is 434 g/mol. The molecule has 1 aromatic heterocycles. The predicted molar refractivity (Wildman–Crippen MR) is 125 cm³/mol. The van der Waals surface area contributed by atoms with Gasteiger partial charge in [0.1, 0.15) is 5.75 Å². The summed E-state index contributed by atoms with van der Waals surface area (Å²) in [5, 5.41) is 4.05. The highest BCUT2D eigenvalue weighted by atomic mass is 32.2. The highest BCUT2D eigenvalue weighted by molar-refractivity contribution is 7.98. The quantitative estimate of drug-likeness (QED) is 0.519. The normalized spacial score (nSPS) is 13.5. The Kier molecular flexibility index (Phi) is 7.22. The van der Waals surface area contributed by atoms with Gasteiger partial charge in [0.05, 0.1) is 18.2 Å². The van der Waals surface area contributed by atoms with Gasteiger partial charge in [-0.05, 0) is 66.4 Å². The first-order chi connectivity index (χ1) is 15.2. The number of hydrogen-bond acceptors (Lipinski definition) is 5. The zero-order valence-corrected chi connectivity index (χ0v) is 18.5. The Bertz CT molecular complexity index is 1030. The topological polar surface area (TPSA) is 54.5 Å². The lowest BCUT2D eigenvalue weighted by molar-refractivity contribution is -0.117. The van der Waals surface area contributed by atoms with Gasteiger partial charge in [0.2, 0.25) is 5.91 Å². The summed E-state index contributed by atoms with van der Waals surface area (Å²) >= 11 is 1.69. The summed E-state index contributed by atoms with van der Waals surface area (Å²) in [6.45, 7) is 4.68. The zero-order chi connectivity index (χ0) is 21.5. The van der Waals surface area contributed by atoms with Crippen LogP contribution in [0.1, 0.15) is 23.6 Å². The van der Waals surface area contributed by atoms with Gasteiger partial charge in [-0.2, -0.15) is 0 Å². The van der Waals surface area contributed by atoms with E-state index in [0.29, 0.717) is 13.2 Å². The number of hydrogen-bond donors (Lipinski definition) is 1. The van der Waals surface area contributed by atoms with E-state index in [1.165, 1.54) is 11.1 Å². The van der Waals surface area contributed by atoms with Crippen LogP contribution in [0.15, 0.2) is 71.9 Å². The van der Waals surface area contributed by atoms with E-state index in [1.807, 2.05) is 49.4 Å². The summed E-state index contributed by atoms with van der Waals surface area (Å²) in [4.78, 5) is 19.2. The second-order valence-electron chi connectivity index (χ2n) is 7.53. The van der Waals surface area contributed by atoms with E-state index < -0.39 is 0 Å². The number of fused-ring (bicyclic) bond motifs is 1. The van der Waals surface area contributed by atoms with Gasteiger partial charge in [-0.3, -0.25) is 9.69 Å². The Morgan fingerprint density at radius 3 is 2.90 bits per heavy atom. The summed E-state index contributed by atoms with van der Waals surface area (Å²) in [6, 6.07) is 20.2. The fourth-order valence-electron chi connectivity index (χ4n) is 3.72. The van der Waals surface area contributed by atoms with E-state index in [0.717, 1.165) is 47.3 Å². The molecular weight excluding hydrogens is 406 g/mol. The van der Waals surface area contributed by atoms with Gasteiger partial charge >= 0.3 is 0 Å². The van der Waals surface area contributed by atoms with E-state index in [1.54, 1.807) is 18.0 Å². The molecule has 0 fully saturated rings. The van der Waals surface area contributed by atoms with Crippen molar-refractivity contribution in [2.45, 2.75) is 30.7 Å². The number of amides is 1. The number of pyridine rings is 1. The molecule has 1 amide bonds. The molecule has 2 aromatic carbocycles. The largest absolute Gasteiger partial charge is 0.494 e. The second-order valence-corrected chi connectivity index (χ2v) is 8.53. The molecule has 5 nitrogen and oxygen atoms in total. The molecule has 2 heterocycles. The highest BCUT2D eigenvalue weighted by Gasteiger charge is 2.19. The maximum atomic E-state index is 12.7. The van der Waals surface area contributed by atoms with Gasteiger partial charge in [0.15, 0.2) is 0 Å². The molecule has 0 unspecified atom stereocenters. The Hall–Kier alpha value is -2.83. The first kappa shape index (κ1) is 21.4. The SMILES string of the molecule is CCOc1ccc2c(c1)CN(CC(=O)Nc1cccc(CSc3ccccn3)c1)CC2. The van der Waals surface area contributed by atoms with Crippen molar-refractivity contribution in [2.75, 3.05) is 25.0 Å². The van der Waals surface area contributed by atoms with Crippen LogP contribution < -0.4 is 10.1 Å². The van der Waals surface area contributed by atoms with E-state index in [4.69, 9.17) is 4.74 Å². The van der Waals surface area contributed by atoms with Crippen molar-refractivity contribution in [3.05, 3.63) is 83.6 Å². The van der Waals surface area contributed by atoms with Crippen LogP contribution in [0.2, 0.25) is 0 Å². The lowest BCUT2D eigenvalue weighted by Crippen LogP contribution is -2.37. The summed E-state index contributed by atoms with van der Waals surface area (Å²) < 4.78 is 5.62. The molecule has 0 atom stereocenters. The number of anilines is 1. The smallest absolute Gasteiger partial charge is 0.238 e. The Morgan fingerprint density at radius 2 is 2.06 bits per heavy atom. The molecular formula is C25H27N3O2S. The van der Waals surface area contributed by atoms with Gasteiger partial charge in [-0.25, -0.2) is 4.98 Å². The molecule has 0 spiro atoms. The van der Waals surface area contributed by atoms with Crippen LogP contribution in [-0.4, -0.2) is 35.5 Å². The molecule has 6 heteroatoms. The van der Waals surface area contributed by atoms with Crippen LogP contribution in [-0.2, 0) is 23.5 Å². The van der Waals surface area contributed by atoms with E-state index in [9.17, 15) is 4.79 Å². The molecule has 3 aromatic rings. The molecule has 0 radical (unpaired) electrons. The Balaban J connectivity index is 1.31. The fraction of sp³-hybridized carbons (Fsp3) is 0.280. The van der Waals surface area contributed by atoms with Crippen LogP contribution in [0, 0.1) is 0 Å². The molecule has 1 N–H and O–H groups in total. The van der Waals surface area contributed by atoms with Crippen LogP contribution in [0.3, 0.4) is 0 Å². The molecule has 31 heavy (non-hydrogen) atoms. The maximum absolute atomic E-state index is 12.7. The number of rotatable bonds is 8. The lowest BCUT2D eigenvalue weighted by Gasteiger charge is -2.28. The number of thioether (sulfide) groups is 1. The average Bonchev–Trinajstić information content (AvgIpc) is 2.78. The van der Waals surface area contributed by atoms with Crippen LogP contribution in [0.4, 0.5) is 5.69 Å². The van der Waals surface area contributed by atoms with Crippen molar-refractivity contribution in [1.82, 2.24) is 9.88 Å². The molecule has 160 valence electrons. The lowest BCUT2D eigenvalue weighted by atomic mass is 9.99. The molecule has 1 aliphatic heterocycles. The summed E-state index contributed by atoms with van der Waals surface area (Å²) in [7, 11) is 0. The molecule has 0 saturated heterocycles. The van der Waals surface area contributed by atoms with Crippen LogP contribution in [0.5, 0.6) is 5.75 Å². The van der Waals surface area contributed by atoms with E-state index >= 15 is 0 Å². The Morgan fingerprint density at radius 1 is 1.13 bits per heavy atom. The van der Waals surface area contributed by atoms with E-state index in [-0.39, 0.29) is 5.91 Å². The molecule has 0 bridgehead atoms. The van der Waals surface area contributed by atoms with Crippen molar-refractivity contribution >= 4 is 23.4 Å². The van der Waals surface area contributed by atoms with Gasteiger partial charge in [-0.1, -0.05) is 24.3 Å². The number of benzene rings is 2. The molecule has 0 aliphatic carbocycles. The summed E-state index contributed by atoms with van der Waals surface area (Å²) in [5.74, 6) is 1.72. The fourth-order valence-corrected chi connectivity index (χ4v) is 4.52. The second kappa shape index (κ2) is 10.5. The van der Waals surface area contributed by atoms with Crippen LogP contribution in [0.25, 0.3) is 0 Å². The minimum absolute atomic E-state index is 0.0129. The van der Waals surface area contributed by atoms with E-state index in [2.05, 4.69) is 33.4 Å². The van der Waals surface area contributed by atoms with Crippen molar-refractivity contribution < 1.29 is 9.53 Å². The van der Waals surface area contributed by atoms with Gasteiger partial charge in [-0.15, -0.1) is 11.8 Å². The summed E-state index contributed by atoms with van der Waals surface area (Å²) in [5.41, 5.74) is 4.58. The third-order valence-electron chi connectivity index (χ3n) is 5.18. The van der Waals surface area contributed by atoms with Crippen molar-refractivity contribution in [3.63, 3.8) is 0 Å². The number of ether oxygens (including phenoxy) is 1. The van der Waals surface area contributed by atoms with Gasteiger partial charge in [0.25, 0.3) is 0 Å². The number of nitrogens with one attached hydrogen (secondary N) is 1. The van der Waals surface area contributed by atoms with Crippen molar-refractivity contribution in [1.29, 1.82) is 0 Å². The molecule has 4 rings (SSSR count). The minimum Gasteiger partial charge on any atom is -0.494 e. The number of carbonyl (C=O) groups is 1.